The molecule has 0 atom stereocenters. The van der Waals surface area contributed by atoms with Gasteiger partial charge in [-0.1, -0.05) is 30.3 Å². The van der Waals surface area contributed by atoms with E-state index in [1.807, 2.05) is 24.3 Å². The second-order valence-electron chi connectivity index (χ2n) is 5.70. The SMILES string of the molecule is CC(C)(Sc1ccc(/C=C/C(=O)c2ccccc2O)cc1)C(=O)O. The molecule has 0 radical (unpaired) electrons. The summed E-state index contributed by atoms with van der Waals surface area (Å²) in [7, 11) is 0. The van der Waals surface area contributed by atoms with E-state index in [-0.39, 0.29) is 17.1 Å². The summed E-state index contributed by atoms with van der Waals surface area (Å²) in [6.45, 7) is 3.30. The number of hydrogen-bond acceptors (Lipinski definition) is 4. The van der Waals surface area contributed by atoms with Crippen LogP contribution in [0.3, 0.4) is 0 Å². The smallest absolute Gasteiger partial charge is 0.319 e. The molecule has 0 saturated heterocycles. The number of allylic oxidation sites excluding steroid dienone is 1. The lowest BCUT2D eigenvalue weighted by Crippen LogP contribution is -2.26. The number of thioether (sulfide) groups is 1. The largest absolute Gasteiger partial charge is 0.507 e. The van der Waals surface area contributed by atoms with Gasteiger partial charge in [0.1, 0.15) is 10.5 Å². The molecule has 0 aliphatic carbocycles. The number of aliphatic carboxylic acids is 1. The quantitative estimate of drug-likeness (QED) is 0.466. The summed E-state index contributed by atoms with van der Waals surface area (Å²) in [6, 6.07) is 13.7. The summed E-state index contributed by atoms with van der Waals surface area (Å²) in [4.78, 5) is 24.0. The van der Waals surface area contributed by atoms with Crippen LogP contribution in [0.4, 0.5) is 0 Å². The third-order valence-corrected chi connectivity index (χ3v) is 4.56. The third-order valence-electron chi connectivity index (χ3n) is 3.36. The van der Waals surface area contributed by atoms with Gasteiger partial charge in [-0.15, -0.1) is 11.8 Å². The average molecular weight is 342 g/mol. The number of benzene rings is 2. The maximum atomic E-state index is 12.1. The number of carboxylic acid groups (broad SMARTS) is 1. The molecule has 2 rings (SSSR count). The topological polar surface area (TPSA) is 74.6 Å². The van der Waals surface area contributed by atoms with Crippen molar-refractivity contribution in [1.29, 1.82) is 0 Å². The molecule has 0 amide bonds. The first-order chi connectivity index (χ1) is 11.3. The summed E-state index contributed by atoms with van der Waals surface area (Å²) in [5.74, 6) is -1.20. The van der Waals surface area contributed by atoms with Crippen LogP contribution in [-0.2, 0) is 4.79 Å². The van der Waals surface area contributed by atoms with Crippen LogP contribution in [-0.4, -0.2) is 26.7 Å². The normalized spacial score (nSPS) is 11.6. The van der Waals surface area contributed by atoms with Crippen LogP contribution in [0.2, 0.25) is 0 Å². The van der Waals surface area contributed by atoms with Crippen LogP contribution in [0.15, 0.2) is 59.5 Å². The summed E-state index contributed by atoms with van der Waals surface area (Å²) < 4.78 is -0.905. The highest BCUT2D eigenvalue weighted by Crippen LogP contribution is 2.32. The second kappa shape index (κ2) is 7.36. The van der Waals surface area contributed by atoms with Crippen molar-refractivity contribution in [1.82, 2.24) is 0 Å². The number of carboxylic acids is 1. The first-order valence-corrected chi connectivity index (χ1v) is 8.14. The molecule has 0 fully saturated rings. The maximum Gasteiger partial charge on any atom is 0.319 e. The van der Waals surface area contributed by atoms with Gasteiger partial charge in [0.2, 0.25) is 0 Å². The number of carbonyl (C=O) groups excluding carboxylic acids is 1. The molecule has 0 heterocycles. The molecule has 0 saturated carbocycles. The Morgan fingerprint density at radius 2 is 1.67 bits per heavy atom. The molecule has 124 valence electrons. The number of phenols is 1. The zero-order chi connectivity index (χ0) is 17.7. The van der Waals surface area contributed by atoms with Crippen LogP contribution >= 0.6 is 11.8 Å². The van der Waals surface area contributed by atoms with Crippen LogP contribution in [0, 0.1) is 0 Å². The van der Waals surface area contributed by atoms with Crippen molar-refractivity contribution in [2.24, 2.45) is 0 Å². The number of phenolic OH excluding ortho intramolecular Hbond substituents is 1. The number of ketones is 1. The Balaban J connectivity index is 2.08. The van der Waals surface area contributed by atoms with Crippen molar-refractivity contribution in [2.45, 2.75) is 23.5 Å². The van der Waals surface area contributed by atoms with Crippen molar-refractivity contribution in [3.8, 4) is 5.75 Å². The number of para-hydroxylation sites is 1. The summed E-state index contributed by atoms with van der Waals surface area (Å²) in [6.07, 6.45) is 3.06. The Morgan fingerprint density at radius 1 is 1.04 bits per heavy atom. The standard InChI is InChI=1S/C19H18O4S/c1-19(2,18(22)23)24-14-10-7-13(8-11-14)9-12-17(21)15-5-3-4-6-16(15)20/h3-12,20H,1-2H3,(H,22,23)/b12-9+. The number of hydrogen-bond donors (Lipinski definition) is 2. The van der Waals surface area contributed by atoms with E-state index in [0.717, 1.165) is 10.5 Å². The molecule has 4 nitrogen and oxygen atoms in total. The monoisotopic (exact) mass is 342 g/mol. The van der Waals surface area contributed by atoms with Gasteiger partial charge in [-0.25, -0.2) is 0 Å². The van der Waals surface area contributed by atoms with Crippen molar-refractivity contribution in [3.63, 3.8) is 0 Å². The minimum atomic E-state index is -0.905. The molecular weight excluding hydrogens is 324 g/mol. The summed E-state index contributed by atoms with van der Waals surface area (Å²) in [5, 5.41) is 18.8. The predicted octanol–water partition coefficient (Wildman–Crippen LogP) is 4.24. The van der Waals surface area contributed by atoms with Gasteiger partial charge < -0.3 is 10.2 Å². The van der Waals surface area contributed by atoms with Crippen molar-refractivity contribution in [2.75, 3.05) is 0 Å². The molecule has 0 bridgehead atoms. The van der Waals surface area contributed by atoms with Crippen LogP contribution in [0.5, 0.6) is 5.75 Å². The fraction of sp³-hybridized carbons (Fsp3) is 0.158. The Bertz CT molecular complexity index is 776. The fourth-order valence-electron chi connectivity index (χ4n) is 1.93. The van der Waals surface area contributed by atoms with Gasteiger partial charge in [-0.3, -0.25) is 9.59 Å². The molecule has 0 aromatic heterocycles. The van der Waals surface area contributed by atoms with Crippen LogP contribution < -0.4 is 0 Å². The Labute approximate surface area is 144 Å². The van der Waals surface area contributed by atoms with E-state index in [2.05, 4.69) is 0 Å². The third kappa shape index (κ3) is 4.49. The van der Waals surface area contributed by atoms with Crippen molar-refractivity contribution >= 4 is 29.6 Å². The minimum absolute atomic E-state index is 0.0465. The van der Waals surface area contributed by atoms with E-state index >= 15 is 0 Å². The van der Waals surface area contributed by atoms with E-state index in [1.165, 1.54) is 23.9 Å². The van der Waals surface area contributed by atoms with Crippen LogP contribution in [0.1, 0.15) is 29.8 Å². The molecule has 0 aliphatic rings. The van der Waals surface area contributed by atoms with Crippen molar-refractivity contribution in [3.05, 3.63) is 65.7 Å². The average Bonchev–Trinajstić information content (AvgIpc) is 2.54. The van der Waals surface area contributed by atoms with Gasteiger partial charge in [0.15, 0.2) is 5.78 Å². The van der Waals surface area contributed by atoms with Gasteiger partial charge in [0.05, 0.1) is 5.56 Å². The molecule has 5 heteroatoms. The maximum absolute atomic E-state index is 12.1. The lowest BCUT2D eigenvalue weighted by atomic mass is 10.1. The van der Waals surface area contributed by atoms with Gasteiger partial charge in [0, 0.05) is 4.90 Å². The number of rotatable bonds is 6. The van der Waals surface area contributed by atoms with Gasteiger partial charge in [-0.05, 0) is 49.8 Å². The molecule has 2 N–H and O–H groups in total. The molecule has 24 heavy (non-hydrogen) atoms. The zero-order valence-electron chi connectivity index (χ0n) is 13.4. The zero-order valence-corrected chi connectivity index (χ0v) is 14.2. The van der Waals surface area contributed by atoms with Gasteiger partial charge in [0.25, 0.3) is 0 Å². The highest BCUT2D eigenvalue weighted by atomic mass is 32.2. The molecule has 2 aromatic rings. The Hall–Kier alpha value is -2.53. The van der Waals surface area contributed by atoms with Gasteiger partial charge in [-0.2, -0.15) is 0 Å². The van der Waals surface area contributed by atoms with E-state index in [9.17, 15) is 14.7 Å². The highest BCUT2D eigenvalue weighted by Gasteiger charge is 2.28. The first-order valence-electron chi connectivity index (χ1n) is 7.32. The lowest BCUT2D eigenvalue weighted by molar-refractivity contribution is -0.138. The van der Waals surface area contributed by atoms with Crippen molar-refractivity contribution < 1.29 is 19.8 Å². The first kappa shape index (κ1) is 17.8. The minimum Gasteiger partial charge on any atom is -0.507 e. The molecular formula is C19H18O4S. The molecule has 0 spiro atoms. The molecule has 2 aromatic carbocycles. The summed E-state index contributed by atoms with van der Waals surface area (Å²) in [5.41, 5.74) is 1.07. The predicted molar refractivity (Wildman–Crippen MR) is 95.5 cm³/mol. The highest BCUT2D eigenvalue weighted by molar-refractivity contribution is 8.01. The lowest BCUT2D eigenvalue weighted by Gasteiger charge is -2.18. The second-order valence-corrected chi connectivity index (χ2v) is 7.40. The number of carbonyl (C=O) groups is 2. The van der Waals surface area contributed by atoms with Gasteiger partial charge >= 0.3 is 5.97 Å². The molecule has 0 aliphatic heterocycles. The molecule has 0 unspecified atom stereocenters. The van der Waals surface area contributed by atoms with E-state index in [4.69, 9.17) is 5.11 Å². The Morgan fingerprint density at radius 3 is 2.25 bits per heavy atom. The summed E-state index contributed by atoms with van der Waals surface area (Å²) >= 11 is 1.26. The number of aromatic hydroxyl groups is 1. The Kier molecular flexibility index (Phi) is 5.46. The van der Waals surface area contributed by atoms with E-state index in [1.54, 1.807) is 38.1 Å². The fourth-order valence-corrected chi connectivity index (χ4v) is 2.88. The van der Waals surface area contributed by atoms with E-state index < -0.39 is 10.7 Å². The van der Waals surface area contributed by atoms with E-state index in [0.29, 0.717) is 0 Å². The van der Waals surface area contributed by atoms with Crippen LogP contribution in [0.25, 0.3) is 6.08 Å².